The van der Waals surface area contributed by atoms with Crippen molar-refractivity contribution >= 4 is 29.3 Å². The molecule has 0 heterocycles. The van der Waals surface area contributed by atoms with Crippen LogP contribution >= 0.6 is 11.8 Å². The van der Waals surface area contributed by atoms with Crippen molar-refractivity contribution in [3.05, 3.63) is 65.2 Å². The number of hydrogen-bond donors (Lipinski definition) is 1. The molecule has 4 rings (SSSR count). The van der Waals surface area contributed by atoms with E-state index in [4.69, 9.17) is 0 Å². The first-order chi connectivity index (χ1) is 14.5. The van der Waals surface area contributed by atoms with Crippen LogP contribution in [0.5, 0.6) is 0 Å². The smallest absolute Gasteiger partial charge is 0.236 e. The number of benzene rings is 2. The summed E-state index contributed by atoms with van der Waals surface area (Å²) in [7, 11) is 0. The monoisotopic (exact) mass is 422 g/mol. The summed E-state index contributed by atoms with van der Waals surface area (Å²) < 4.78 is 0. The molecule has 2 aromatic rings. The first-order valence-electron chi connectivity index (χ1n) is 10.9. The highest BCUT2D eigenvalue weighted by molar-refractivity contribution is 8.01. The van der Waals surface area contributed by atoms with E-state index < -0.39 is 0 Å². The highest BCUT2D eigenvalue weighted by Crippen LogP contribution is 2.41. The zero-order valence-electron chi connectivity index (χ0n) is 17.8. The minimum Gasteiger partial charge on any atom is -0.332 e. The molecule has 0 aliphatic heterocycles. The average Bonchev–Trinajstić information content (AvgIpc) is 3.59. The van der Waals surface area contributed by atoms with Gasteiger partial charge >= 0.3 is 0 Å². The molecule has 2 unspecified atom stereocenters. The Morgan fingerprint density at radius 2 is 1.83 bits per heavy atom. The molecule has 2 aliphatic rings. The molecule has 158 valence electrons. The van der Waals surface area contributed by atoms with Crippen LogP contribution in [0.15, 0.2) is 48.5 Å². The molecule has 1 fully saturated rings. The predicted molar refractivity (Wildman–Crippen MR) is 124 cm³/mol. The molecular formula is C25H30N2O2S. The topological polar surface area (TPSA) is 49.4 Å². The van der Waals surface area contributed by atoms with Gasteiger partial charge in [-0.25, -0.2) is 0 Å². The van der Waals surface area contributed by atoms with E-state index in [9.17, 15) is 9.59 Å². The minimum atomic E-state index is -0.233. The van der Waals surface area contributed by atoms with Gasteiger partial charge in [-0.3, -0.25) is 9.59 Å². The number of nitrogens with one attached hydrogen (secondary N) is 1. The third-order valence-electron chi connectivity index (χ3n) is 6.02. The molecule has 0 spiro atoms. The summed E-state index contributed by atoms with van der Waals surface area (Å²) in [6.07, 6.45) is 5.44. The lowest BCUT2D eigenvalue weighted by Crippen LogP contribution is -2.42. The quantitative estimate of drug-likeness (QED) is 0.673. The Hall–Kier alpha value is -2.27. The number of nitrogens with zero attached hydrogens (tertiary/aromatic N) is 1. The summed E-state index contributed by atoms with van der Waals surface area (Å²) in [6, 6.07) is 16.9. The molecule has 0 aromatic heterocycles. The Morgan fingerprint density at radius 3 is 2.57 bits per heavy atom. The fourth-order valence-corrected chi connectivity index (χ4v) is 5.01. The molecular weight excluding hydrogens is 392 g/mol. The highest BCUT2D eigenvalue weighted by atomic mass is 32.2. The van der Waals surface area contributed by atoms with Crippen LogP contribution in [0.4, 0.5) is 5.69 Å². The van der Waals surface area contributed by atoms with Crippen molar-refractivity contribution in [3.8, 4) is 0 Å². The summed E-state index contributed by atoms with van der Waals surface area (Å²) in [4.78, 5) is 27.9. The molecule has 0 bridgehead atoms. The van der Waals surface area contributed by atoms with Crippen LogP contribution < -0.4 is 5.32 Å². The van der Waals surface area contributed by atoms with Crippen LogP contribution in [0, 0.1) is 6.92 Å². The van der Waals surface area contributed by atoms with Gasteiger partial charge in [-0.1, -0.05) is 42.0 Å². The number of carbonyl (C=O) groups excluding carboxylic acids is 2. The van der Waals surface area contributed by atoms with Gasteiger partial charge in [0.2, 0.25) is 11.8 Å². The highest BCUT2D eigenvalue weighted by Gasteiger charge is 2.40. The van der Waals surface area contributed by atoms with Crippen LogP contribution in [0.1, 0.15) is 55.3 Å². The number of hydrogen-bond acceptors (Lipinski definition) is 3. The summed E-state index contributed by atoms with van der Waals surface area (Å²) in [5.41, 5.74) is 4.65. The molecule has 5 heteroatoms. The van der Waals surface area contributed by atoms with Crippen molar-refractivity contribution in [2.45, 2.75) is 63.3 Å². The van der Waals surface area contributed by atoms with Gasteiger partial charge in [0.15, 0.2) is 0 Å². The summed E-state index contributed by atoms with van der Waals surface area (Å²) in [5.74, 6) is 0.386. The van der Waals surface area contributed by atoms with Crippen molar-refractivity contribution in [2.75, 3.05) is 11.1 Å². The van der Waals surface area contributed by atoms with Crippen molar-refractivity contribution in [1.29, 1.82) is 0 Å². The van der Waals surface area contributed by atoms with Crippen molar-refractivity contribution in [3.63, 3.8) is 0 Å². The normalized spacial score (nSPS) is 18.9. The van der Waals surface area contributed by atoms with Crippen LogP contribution in [0.25, 0.3) is 0 Å². The SMILES string of the molecule is Cc1ccc(NC(=O)CSC(C)C(=O)N(C2CC2)C2CCCc3ccccc32)cc1. The van der Waals surface area contributed by atoms with Crippen molar-refractivity contribution < 1.29 is 9.59 Å². The van der Waals surface area contributed by atoms with E-state index in [1.54, 1.807) is 0 Å². The van der Waals surface area contributed by atoms with Gasteiger partial charge in [0, 0.05) is 11.7 Å². The molecule has 1 saturated carbocycles. The summed E-state index contributed by atoms with van der Waals surface area (Å²) >= 11 is 1.43. The summed E-state index contributed by atoms with van der Waals surface area (Å²) in [5, 5.41) is 2.69. The van der Waals surface area contributed by atoms with Crippen molar-refractivity contribution in [2.24, 2.45) is 0 Å². The van der Waals surface area contributed by atoms with E-state index >= 15 is 0 Å². The molecule has 2 aromatic carbocycles. The number of carbonyl (C=O) groups is 2. The fraction of sp³-hybridized carbons (Fsp3) is 0.440. The molecule has 0 radical (unpaired) electrons. The first kappa shape index (κ1) is 21.0. The number of aryl methyl sites for hydroxylation is 2. The molecule has 2 amide bonds. The average molecular weight is 423 g/mol. The predicted octanol–water partition coefficient (Wildman–Crippen LogP) is 5.12. The van der Waals surface area contributed by atoms with E-state index in [1.165, 1.54) is 22.9 Å². The van der Waals surface area contributed by atoms with Gasteiger partial charge < -0.3 is 10.2 Å². The lowest BCUT2D eigenvalue weighted by Gasteiger charge is -2.37. The number of amides is 2. The Morgan fingerprint density at radius 1 is 1.10 bits per heavy atom. The molecule has 30 heavy (non-hydrogen) atoms. The number of anilines is 1. The van der Waals surface area contributed by atoms with Gasteiger partial charge in [0.05, 0.1) is 17.0 Å². The van der Waals surface area contributed by atoms with Gasteiger partial charge in [0.25, 0.3) is 0 Å². The van der Waals surface area contributed by atoms with Crippen LogP contribution in [0.2, 0.25) is 0 Å². The minimum absolute atomic E-state index is 0.0653. The Labute approximate surface area is 183 Å². The van der Waals surface area contributed by atoms with Gasteiger partial charge in [-0.15, -0.1) is 11.8 Å². The van der Waals surface area contributed by atoms with E-state index in [0.29, 0.717) is 6.04 Å². The number of rotatable bonds is 7. The second-order valence-electron chi connectivity index (χ2n) is 8.45. The largest absolute Gasteiger partial charge is 0.332 e. The van der Waals surface area contributed by atoms with Gasteiger partial charge in [0.1, 0.15) is 0 Å². The lowest BCUT2D eigenvalue weighted by molar-refractivity contribution is -0.133. The third kappa shape index (κ3) is 4.89. The van der Waals surface area contributed by atoms with E-state index in [-0.39, 0.29) is 28.9 Å². The third-order valence-corrected chi connectivity index (χ3v) is 7.15. The second-order valence-corrected chi connectivity index (χ2v) is 9.78. The molecule has 2 aliphatic carbocycles. The first-order valence-corrected chi connectivity index (χ1v) is 12.0. The zero-order chi connectivity index (χ0) is 21.1. The maximum absolute atomic E-state index is 13.4. The Bertz CT molecular complexity index is 908. The Balaban J connectivity index is 1.38. The van der Waals surface area contributed by atoms with E-state index in [2.05, 4.69) is 34.5 Å². The summed E-state index contributed by atoms with van der Waals surface area (Å²) in [6.45, 7) is 3.96. The van der Waals surface area contributed by atoms with E-state index in [0.717, 1.165) is 43.4 Å². The lowest BCUT2D eigenvalue weighted by atomic mass is 9.86. The number of thioether (sulfide) groups is 1. The molecule has 2 atom stereocenters. The van der Waals surface area contributed by atoms with Gasteiger partial charge in [-0.2, -0.15) is 0 Å². The molecule has 0 saturated heterocycles. The van der Waals surface area contributed by atoms with Crippen molar-refractivity contribution in [1.82, 2.24) is 4.90 Å². The fourth-order valence-electron chi connectivity index (χ4n) is 4.27. The zero-order valence-corrected chi connectivity index (χ0v) is 18.6. The van der Waals surface area contributed by atoms with Crippen LogP contribution in [0.3, 0.4) is 0 Å². The maximum atomic E-state index is 13.4. The standard InChI is InChI=1S/C25H30N2O2S/c1-17-10-12-20(13-11-17)26-24(28)16-30-18(2)25(29)27(21-14-15-21)23-9-5-7-19-6-3-4-8-22(19)23/h3-4,6,8,10-13,18,21,23H,5,7,9,14-16H2,1-2H3,(H,26,28). The molecule has 1 N–H and O–H groups in total. The number of fused-ring (bicyclic) bond motifs is 1. The van der Waals surface area contributed by atoms with Crippen LogP contribution in [-0.2, 0) is 16.0 Å². The van der Waals surface area contributed by atoms with E-state index in [1.807, 2.05) is 38.1 Å². The molecule has 4 nitrogen and oxygen atoms in total. The Kier molecular flexibility index (Phi) is 6.47. The van der Waals surface area contributed by atoms with Crippen LogP contribution in [-0.4, -0.2) is 33.8 Å². The maximum Gasteiger partial charge on any atom is 0.236 e. The van der Waals surface area contributed by atoms with Gasteiger partial charge in [-0.05, 0) is 69.2 Å². The second kappa shape index (κ2) is 9.25.